The maximum absolute atomic E-state index is 13.2. The highest BCUT2D eigenvalue weighted by molar-refractivity contribution is 5.98. The maximum Gasteiger partial charge on any atom is 0.256 e. The summed E-state index contributed by atoms with van der Waals surface area (Å²) in [7, 11) is 0. The molecule has 1 aliphatic rings. The van der Waals surface area contributed by atoms with Crippen molar-refractivity contribution in [2.24, 2.45) is 11.7 Å². The van der Waals surface area contributed by atoms with E-state index in [4.69, 9.17) is 5.73 Å². The van der Waals surface area contributed by atoms with Crippen molar-refractivity contribution in [1.82, 2.24) is 14.7 Å². The molecular formula is C18H24N4O. The quantitative estimate of drug-likeness (QED) is 0.946. The second-order valence-electron chi connectivity index (χ2n) is 6.39. The standard InChI is InChI=1S/C18H24N4O/c1-13-6-7-16(22-10-4-8-20-22)15(11-13)18(23)21-9-3-5-14(2)17(21)12-19/h4,6-8,10-11,14,17H,3,5,9,12,19H2,1-2H3. The average Bonchev–Trinajstić information content (AvgIpc) is 3.08. The third-order valence-corrected chi connectivity index (χ3v) is 4.75. The van der Waals surface area contributed by atoms with Crippen LogP contribution in [0.25, 0.3) is 5.69 Å². The number of aryl methyl sites for hydroxylation is 1. The van der Waals surface area contributed by atoms with E-state index in [1.807, 2.05) is 42.3 Å². The number of benzene rings is 1. The molecule has 0 aliphatic carbocycles. The maximum atomic E-state index is 13.2. The lowest BCUT2D eigenvalue weighted by Crippen LogP contribution is -2.51. The molecule has 2 aromatic rings. The van der Waals surface area contributed by atoms with Crippen LogP contribution in [0.15, 0.2) is 36.7 Å². The van der Waals surface area contributed by atoms with Crippen molar-refractivity contribution in [3.8, 4) is 5.69 Å². The summed E-state index contributed by atoms with van der Waals surface area (Å²) in [5, 5.41) is 4.28. The van der Waals surface area contributed by atoms with Gasteiger partial charge in [0.1, 0.15) is 0 Å². The number of carbonyl (C=O) groups is 1. The minimum absolute atomic E-state index is 0.0567. The molecule has 1 saturated heterocycles. The third kappa shape index (κ3) is 3.01. The van der Waals surface area contributed by atoms with E-state index in [-0.39, 0.29) is 11.9 Å². The molecule has 2 atom stereocenters. The highest BCUT2D eigenvalue weighted by Gasteiger charge is 2.32. The van der Waals surface area contributed by atoms with Crippen LogP contribution in [0.3, 0.4) is 0 Å². The summed E-state index contributed by atoms with van der Waals surface area (Å²) in [6.45, 7) is 5.47. The summed E-state index contributed by atoms with van der Waals surface area (Å²) in [6.07, 6.45) is 5.75. The molecule has 0 spiro atoms. The van der Waals surface area contributed by atoms with E-state index >= 15 is 0 Å². The second kappa shape index (κ2) is 6.54. The molecule has 5 nitrogen and oxygen atoms in total. The Morgan fingerprint density at radius 1 is 1.43 bits per heavy atom. The fourth-order valence-corrected chi connectivity index (χ4v) is 3.45. The molecule has 1 amide bonds. The van der Waals surface area contributed by atoms with Gasteiger partial charge in [0.2, 0.25) is 0 Å². The van der Waals surface area contributed by atoms with Gasteiger partial charge >= 0.3 is 0 Å². The van der Waals surface area contributed by atoms with Gasteiger partial charge in [-0.1, -0.05) is 18.6 Å². The van der Waals surface area contributed by atoms with Gasteiger partial charge in [-0.3, -0.25) is 4.79 Å². The first-order valence-corrected chi connectivity index (χ1v) is 8.23. The van der Waals surface area contributed by atoms with E-state index in [2.05, 4.69) is 12.0 Å². The minimum Gasteiger partial charge on any atom is -0.334 e. The summed E-state index contributed by atoms with van der Waals surface area (Å²) in [4.78, 5) is 15.2. The number of nitrogens with zero attached hydrogens (tertiary/aromatic N) is 3. The number of carbonyl (C=O) groups excluding carboxylic acids is 1. The predicted molar refractivity (Wildman–Crippen MR) is 90.6 cm³/mol. The molecule has 1 aromatic carbocycles. The van der Waals surface area contributed by atoms with Crippen molar-refractivity contribution in [2.75, 3.05) is 13.1 Å². The number of likely N-dealkylation sites (tertiary alicyclic amines) is 1. The van der Waals surface area contributed by atoms with Gasteiger partial charge < -0.3 is 10.6 Å². The first-order chi connectivity index (χ1) is 11.1. The summed E-state index contributed by atoms with van der Waals surface area (Å²) in [6, 6.07) is 7.89. The number of nitrogens with two attached hydrogens (primary N) is 1. The van der Waals surface area contributed by atoms with Crippen LogP contribution < -0.4 is 5.73 Å². The summed E-state index contributed by atoms with van der Waals surface area (Å²) in [5.41, 5.74) is 8.53. The average molecular weight is 312 g/mol. The van der Waals surface area contributed by atoms with E-state index in [0.29, 0.717) is 18.0 Å². The van der Waals surface area contributed by atoms with Crippen molar-refractivity contribution in [1.29, 1.82) is 0 Å². The highest BCUT2D eigenvalue weighted by atomic mass is 16.2. The first kappa shape index (κ1) is 15.7. The van der Waals surface area contributed by atoms with Crippen LogP contribution in [0.2, 0.25) is 0 Å². The summed E-state index contributed by atoms with van der Waals surface area (Å²) in [5.74, 6) is 0.497. The van der Waals surface area contributed by atoms with Crippen LogP contribution in [-0.2, 0) is 0 Å². The Morgan fingerprint density at radius 3 is 2.96 bits per heavy atom. The highest BCUT2D eigenvalue weighted by Crippen LogP contribution is 2.26. The lowest BCUT2D eigenvalue weighted by Gasteiger charge is -2.39. The lowest BCUT2D eigenvalue weighted by atomic mass is 9.90. The normalized spacial score (nSPS) is 21.4. The third-order valence-electron chi connectivity index (χ3n) is 4.75. The number of amides is 1. The zero-order valence-corrected chi connectivity index (χ0v) is 13.8. The van der Waals surface area contributed by atoms with Gasteiger partial charge in [0.15, 0.2) is 0 Å². The van der Waals surface area contributed by atoms with Crippen molar-refractivity contribution in [3.05, 3.63) is 47.8 Å². The minimum atomic E-state index is 0.0567. The number of hydrogen-bond acceptors (Lipinski definition) is 3. The zero-order valence-electron chi connectivity index (χ0n) is 13.8. The number of aromatic nitrogens is 2. The van der Waals surface area contributed by atoms with Crippen LogP contribution in [0, 0.1) is 12.8 Å². The second-order valence-corrected chi connectivity index (χ2v) is 6.39. The summed E-state index contributed by atoms with van der Waals surface area (Å²) < 4.78 is 1.75. The Labute approximate surface area is 137 Å². The zero-order chi connectivity index (χ0) is 16.4. The van der Waals surface area contributed by atoms with Gasteiger partial charge in [-0.05, 0) is 43.9 Å². The van der Waals surface area contributed by atoms with Gasteiger partial charge in [-0.15, -0.1) is 0 Å². The van der Waals surface area contributed by atoms with Crippen LogP contribution in [-0.4, -0.2) is 39.7 Å². The Kier molecular flexibility index (Phi) is 4.48. The smallest absolute Gasteiger partial charge is 0.256 e. The van der Waals surface area contributed by atoms with Gasteiger partial charge in [0, 0.05) is 31.5 Å². The molecule has 0 bridgehead atoms. The Bertz CT molecular complexity index is 680. The molecule has 0 saturated carbocycles. The van der Waals surface area contributed by atoms with E-state index in [9.17, 15) is 4.79 Å². The first-order valence-electron chi connectivity index (χ1n) is 8.23. The van der Waals surface area contributed by atoms with Gasteiger partial charge in [-0.25, -0.2) is 4.68 Å². The predicted octanol–water partition coefficient (Wildman–Crippen LogP) is 2.38. The summed E-state index contributed by atoms with van der Waals surface area (Å²) >= 11 is 0. The molecular weight excluding hydrogens is 288 g/mol. The van der Waals surface area contributed by atoms with E-state index in [1.165, 1.54) is 0 Å². The molecule has 122 valence electrons. The molecule has 2 unspecified atom stereocenters. The Hall–Kier alpha value is -2.14. The van der Waals surface area contributed by atoms with E-state index in [0.717, 1.165) is 30.6 Å². The monoisotopic (exact) mass is 312 g/mol. The van der Waals surface area contributed by atoms with Crippen molar-refractivity contribution in [2.45, 2.75) is 32.7 Å². The fourth-order valence-electron chi connectivity index (χ4n) is 3.45. The van der Waals surface area contributed by atoms with E-state index in [1.54, 1.807) is 10.9 Å². The largest absolute Gasteiger partial charge is 0.334 e. The molecule has 1 fully saturated rings. The fraction of sp³-hybridized carbons (Fsp3) is 0.444. The van der Waals surface area contributed by atoms with Crippen LogP contribution in [0.5, 0.6) is 0 Å². The van der Waals surface area contributed by atoms with E-state index < -0.39 is 0 Å². The Balaban J connectivity index is 2.00. The topological polar surface area (TPSA) is 64.2 Å². The lowest BCUT2D eigenvalue weighted by molar-refractivity contribution is 0.0532. The number of piperidine rings is 1. The number of hydrogen-bond donors (Lipinski definition) is 1. The molecule has 1 aromatic heterocycles. The van der Waals surface area contributed by atoms with Gasteiger partial charge in [-0.2, -0.15) is 5.10 Å². The van der Waals surface area contributed by atoms with Crippen LogP contribution in [0.4, 0.5) is 0 Å². The molecule has 5 heteroatoms. The SMILES string of the molecule is Cc1ccc(-n2cccn2)c(C(=O)N2CCCC(C)C2CN)c1. The number of rotatable bonds is 3. The van der Waals surface area contributed by atoms with Crippen molar-refractivity contribution < 1.29 is 4.79 Å². The molecule has 3 rings (SSSR count). The van der Waals surface area contributed by atoms with Crippen LogP contribution in [0.1, 0.15) is 35.7 Å². The van der Waals surface area contributed by atoms with Gasteiger partial charge in [0.25, 0.3) is 5.91 Å². The van der Waals surface area contributed by atoms with Crippen molar-refractivity contribution >= 4 is 5.91 Å². The Morgan fingerprint density at radius 2 is 2.26 bits per heavy atom. The molecule has 2 heterocycles. The van der Waals surface area contributed by atoms with Crippen LogP contribution >= 0.6 is 0 Å². The molecule has 2 N–H and O–H groups in total. The molecule has 23 heavy (non-hydrogen) atoms. The van der Waals surface area contributed by atoms with Crippen molar-refractivity contribution in [3.63, 3.8) is 0 Å². The molecule has 0 radical (unpaired) electrons. The van der Waals surface area contributed by atoms with Gasteiger partial charge in [0.05, 0.1) is 11.3 Å². The molecule has 1 aliphatic heterocycles.